The van der Waals surface area contributed by atoms with Gasteiger partial charge in [-0.3, -0.25) is 4.79 Å². The van der Waals surface area contributed by atoms with Gasteiger partial charge in [-0.2, -0.15) is 0 Å². The zero-order valence-electron chi connectivity index (χ0n) is 6.82. The summed E-state index contributed by atoms with van der Waals surface area (Å²) in [4.78, 5) is 22.2. The van der Waals surface area contributed by atoms with Gasteiger partial charge in [0.25, 0.3) is 0 Å². The maximum absolute atomic E-state index is 10.5. The number of likely N-dealkylation sites (tertiary alicyclic amines) is 1. The van der Waals surface area contributed by atoms with Crippen molar-refractivity contribution in [1.29, 1.82) is 0 Å². The molecular weight excluding hydrogens is 178 g/mol. The van der Waals surface area contributed by atoms with Crippen LogP contribution in [0.4, 0.5) is 4.79 Å². The highest BCUT2D eigenvalue weighted by molar-refractivity contribution is 8.13. The number of thioether (sulfide) groups is 1. The molecule has 5 heteroatoms. The van der Waals surface area contributed by atoms with E-state index >= 15 is 0 Å². The van der Waals surface area contributed by atoms with Gasteiger partial charge in [-0.1, -0.05) is 11.8 Å². The van der Waals surface area contributed by atoms with Crippen LogP contribution in [-0.2, 0) is 4.79 Å². The van der Waals surface area contributed by atoms with E-state index in [0.29, 0.717) is 19.0 Å². The molecule has 1 aliphatic heterocycles. The van der Waals surface area contributed by atoms with Crippen LogP contribution in [-0.4, -0.2) is 40.1 Å². The third-order valence-corrected chi connectivity index (χ3v) is 2.79. The second-order valence-corrected chi connectivity index (χ2v) is 4.05. The first-order valence-corrected chi connectivity index (χ1v) is 4.69. The quantitative estimate of drug-likeness (QED) is 0.700. The van der Waals surface area contributed by atoms with E-state index in [2.05, 4.69) is 0 Å². The van der Waals surface area contributed by atoms with E-state index < -0.39 is 6.09 Å². The van der Waals surface area contributed by atoms with Crippen molar-refractivity contribution >= 4 is 23.0 Å². The molecule has 1 N–H and O–H groups in total. The normalized spacial score (nSPS) is 17.2. The van der Waals surface area contributed by atoms with Crippen molar-refractivity contribution in [1.82, 2.24) is 4.90 Å². The summed E-state index contributed by atoms with van der Waals surface area (Å²) in [7, 11) is 0. The van der Waals surface area contributed by atoms with Gasteiger partial charge in [-0.25, -0.2) is 4.79 Å². The topological polar surface area (TPSA) is 57.6 Å². The average molecular weight is 189 g/mol. The number of rotatable bonds is 2. The molecule has 1 rings (SSSR count). The summed E-state index contributed by atoms with van der Waals surface area (Å²) in [5.41, 5.74) is 0. The van der Waals surface area contributed by atoms with Crippen molar-refractivity contribution in [2.24, 2.45) is 5.92 Å². The Hall–Kier alpha value is -0.710. The van der Waals surface area contributed by atoms with Crippen molar-refractivity contribution < 1.29 is 14.7 Å². The summed E-state index contributed by atoms with van der Waals surface area (Å²) in [6, 6.07) is 0. The Morgan fingerprint density at radius 2 is 2.17 bits per heavy atom. The van der Waals surface area contributed by atoms with Crippen molar-refractivity contribution in [3.8, 4) is 0 Å². The largest absolute Gasteiger partial charge is 0.465 e. The van der Waals surface area contributed by atoms with E-state index in [1.54, 1.807) is 0 Å². The molecule has 0 radical (unpaired) electrons. The van der Waals surface area contributed by atoms with Crippen LogP contribution >= 0.6 is 11.8 Å². The molecule has 1 heterocycles. The van der Waals surface area contributed by atoms with Gasteiger partial charge in [0.05, 0.1) is 0 Å². The van der Waals surface area contributed by atoms with E-state index in [0.717, 1.165) is 5.75 Å². The zero-order chi connectivity index (χ0) is 9.14. The van der Waals surface area contributed by atoms with Crippen molar-refractivity contribution in [2.45, 2.75) is 6.92 Å². The molecule has 0 unspecified atom stereocenters. The summed E-state index contributed by atoms with van der Waals surface area (Å²) in [5, 5.41) is 8.58. The smallest absolute Gasteiger partial charge is 0.407 e. The first-order chi connectivity index (χ1) is 5.59. The molecule has 1 fully saturated rings. The molecule has 12 heavy (non-hydrogen) atoms. The number of carbonyl (C=O) groups excluding carboxylic acids is 1. The van der Waals surface area contributed by atoms with E-state index in [4.69, 9.17) is 5.11 Å². The van der Waals surface area contributed by atoms with Crippen molar-refractivity contribution in [2.75, 3.05) is 18.8 Å². The van der Waals surface area contributed by atoms with Gasteiger partial charge < -0.3 is 10.0 Å². The van der Waals surface area contributed by atoms with Crippen LogP contribution in [0.1, 0.15) is 6.92 Å². The number of carbonyl (C=O) groups is 2. The predicted octanol–water partition coefficient (Wildman–Crippen LogP) is 0.876. The van der Waals surface area contributed by atoms with Gasteiger partial charge in [0.2, 0.25) is 0 Å². The highest BCUT2D eigenvalue weighted by Gasteiger charge is 2.30. The minimum atomic E-state index is -0.862. The molecule has 4 nitrogen and oxygen atoms in total. The van der Waals surface area contributed by atoms with Gasteiger partial charge in [-0.05, 0) is 0 Å². The first-order valence-electron chi connectivity index (χ1n) is 3.71. The lowest BCUT2D eigenvalue weighted by atomic mass is 10.0. The summed E-state index contributed by atoms with van der Waals surface area (Å²) >= 11 is 1.27. The van der Waals surface area contributed by atoms with Crippen LogP contribution in [0, 0.1) is 5.92 Å². The van der Waals surface area contributed by atoms with E-state index in [1.807, 2.05) is 0 Å². The van der Waals surface area contributed by atoms with Gasteiger partial charge in [0.15, 0.2) is 5.12 Å². The SMILES string of the molecule is CC(=O)SCC1CN(C(=O)O)C1. The van der Waals surface area contributed by atoms with Crippen LogP contribution in [0.25, 0.3) is 0 Å². The first kappa shape index (κ1) is 9.38. The molecule has 0 aromatic rings. The van der Waals surface area contributed by atoms with Crippen molar-refractivity contribution in [3.05, 3.63) is 0 Å². The fourth-order valence-electron chi connectivity index (χ4n) is 1.07. The molecular formula is C7H11NO3S. The number of nitrogens with zero attached hydrogens (tertiary/aromatic N) is 1. The Morgan fingerprint density at radius 1 is 1.58 bits per heavy atom. The lowest BCUT2D eigenvalue weighted by molar-refractivity contribution is -0.109. The van der Waals surface area contributed by atoms with E-state index in [1.165, 1.54) is 23.6 Å². The molecule has 1 amide bonds. The molecule has 0 spiro atoms. The Labute approximate surface area is 74.9 Å². The monoisotopic (exact) mass is 189 g/mol. The summed E-state index contributed by atoms with van der Waals surface area (Å²) < 4.78 is 0. The predicted molar refractivity (Wildman–Crippen MR) is 46.2 cm³/mol. The minimum absolute atomic E-state index is 0.101. The maximum atomic E-state index is 10.5. The standard InChI is InChI=1S/C7H11NO3S/c1-5(9)12-4-6-2-8(3-6)7(10)11/h6H,2-4H2,1H3,(H,10,11). The van der Waals surface area contributed by atoms with Crippen LogP contribution in [0.15, 0.2) is 0 Å². The molecule has 0 saturated carbocycles. The molecule has 0 aromatic heterocycles. The number of amides is 1. The van der Waals surface area contributed by atoms with Gasteiger partial charge in [0, 0.05) is 31.7 Å². The molecule has 0 aromatic carbocycles. The zero-order valence-corrected chi connectivity index (χ0v) is 7.63. The minimum Gasteiger partial charge on any atom is -0.465 e. The van der Waals surface area contributed by atoms with E-state index in [9.17, 15) is 9.59 Å². The van der Waals surface area contributed by atoms with Crippen LogP contribution in [0.3, 0.4) is 0 Å². The summed E-state index contributed by atoms with van der Waals surface area (Å²) in [5.74, 6) is 1.12. The fraction of sp³-hybridized carbons (Fsp3) is 0.714. The van der Waals surface area contributed by atoms with Gasteiger partial charge >= 0.3 is 6.09 Å². The van der Waals surface area contributed by atoms with Crippen LogP contribution < -0.4 is 0 Å². The lowest BCUT2D eigenvalue weighted by Crippen LogP contribution is -2.50. The summed E-state index contributed by atoms with van der Waals surface area (Å²) in [6.45, 7) is 2.68. The third kappa shape index (κ3) is 2.41. The molecule has 0 aliphatic carbocycles. The highest BCUT2D eigenvalue weighted by atomic mass is 32.2. The Bertz CT molecular complexity index is 198. The third-order valence-electron chi connectivity index (χ3n) is 1.75. The molecule has 1 saturated heterocycles. The molecule has 0 bridgehead atoms. The van der Waals surface area contributed by atoms with Crippen molar-refractivity contribution in [3.63, 3.8) is 0 Å². The highest BCUT2D eigenvalue weighted by Crippen LogP contribution is 2.20. The van der Waals surface area contributed by atoms with Crippen LogP contribution in [0.5, 0.6) is 0 Å². The molecule has 68 valence electrons. The van der Waals surface area contributed by atoms with Gasteiger partial charge in [0.1, 0.15) is 0 Å². The number of hydrogen-bond acceptors (Lipinski definition) is 3. The average Bonchev–Trinajstić information content (AvgIpc) is 1.82. The lowest BCUT2D eigenvalue weighted by Gasteiger charge is -2.36. The van der Waals surface area contributed by atoms with Crippen LogP contribution in [0.2, 0.25) is 0 Å². The second-order valence-electron chi connectivity index (χ2n) is 2.86. The summed E-state index contributed by atoms with van der Waals surface area (Å²) in [6.07, 6.45) is -0.862. The second kappa shape index (κ2) is 3.80. The fourth-order valence-corrected chi connectivity index (χ4v) is 1.75. The Balaban J connectivity index is 2.10. The molecule has 0 atom stereocenters. The van der Waals surface area contributed by atoms with E-state index in [-0.39, 0.29) is 5.12 Å². The maximum Gasteiger partial charge on any atom is 0.407 e. The number of hydrogen-bond donors (Lipinski definition) is 1. The van der Waals surface area contributed by atoms with Gasteiger partial charge in [-0.15, -0.1) is 0 Å². The Kier molecular flexibility index (Phi) is 2.97. The Morgan fingerprint density at radius 3 is 2.58 bits per heavy atom. The number of carboxylic acid groups (broad SMARTS) is 1. The molecule has 1 aliphatic rings.